The van der Waals surface area contributed by atoms with Gasteiger partial charge < -0.3 is 25.5 Å². The lowest BCUT2D eigenvalue weighted by Crippen LogP contribution is -2.29. The van der Waals surface area contributed by atoms with Crippen molar-refractivity contribution in [1.82, 2.24) is 9.78 Å². The standard InChI is InChI=1S/C19H25BN4O4/c1-11-6-7-27-10-16(11)24-9-13(17(21)25)18(23-24)22-12-4-5-14-15(8-12)20(26)28-19(14,2)3/h4-5,8-9,11,16,26H,6-7,10H2,1-3H3,(H2,21,25)(H,22,23)/t11-,16-/m1/s1. The van der Waals surface area contributed by atoms with E-state index in [-0.39, 0.29) is 6.04 Å². The van der Waals surface area contributed by atoms with Gasteiger partial charge >= 0.3 is 7.12 Å². The Kier molecular flexibility index (Phi) is 4.69. The topological polar surface area (TPSA) is 112 Å². The number of hydrogen-bond donors (Lipinski definition) is 3. The van der Waals surface area contributed by atoms with E-state index in [0.29, 0.717) is 35.1 Å². The van der Waals surface area contributed by atoms with Crippen LogP contribution >= 0.6 is 0 Å². The minimum absolute atomic E-state index is 0.0541. The zero-order chi connectivity index (χ0) is 20.1. The van der Waals surface area contributed by atoms with Gasteiger partial charge in [-0.25, -0.2) is 0 Å². The third kappa shape index (κ3) is 3.30. The minimum atomic E-state index is -0.986. The summed E-state index contributed by atoms with van der Waals surface area (Å²) in [7, 11) is -0.986. The Bertz CT molecular complexity index is 913. The van der Waals surface area contributed by atoms with Crippen LogP contribution < -0.4 is 16.5 Å². The lowest BCUT2D eigenvalue weighted by atomic mass is 9.78. The molecule has 2 aliphatic heterocycles. The molecule has 2 atom stereocenters. The Labute approximate surface area is 164 Å². The first-order valence-electron chi connectivity index (χ1n) is 9.50. The molecule has 0 bridgehead atoms. The van der Waals surface area contributed by atoms with Gasteiger partial charge in [0.1, 0.15) is 5.56 Å². The van der Waals surface area contributed by atoms with Crippen LogP contribution in [0.4, 0.5) is 11.5 Å². The van der Waals surface area contributed by atoms with E-state index in [1.165, 1.54) is 0 Å². The van der Waals surface area contributed by atoms with Crippen LogP contribution in [0.5, 0.6) is 0 Å². The summed E-state index contributed by atoms with van der Waals surface area (Å²) in [6.45, 7) is 7.26. The Morgan fingerprint density at radius 2 is 2.25 bits per heavy atom. The van der Waals surface area contributed by atoms with Gasteiger partial charge in [-0.15, -0.1) is 0 Å². The summed E-state index contributed by atoms with van der Waals surface area (Å²) in [4.78, 5) is 12.0. The Morgan fingerprint density at radius 3 is 2.96 bits per heavy atom. The first-order chi connectivity index (χ1) is 13.3. The predicted octanol–water partition coefficient (Wildman–Crippen LogP) is 1.28. The van der Waals surface area contributed by atoms with Crippen LogP contribution in [0.25, 0.3) is 0 Å². The molecule has 1 fully saturated rings. The summed E-state index contributed by atoms with van der Waals surface area (Å²) in [5.41, 5.74) is 7.66. The number of primary amides is 1. The van der Waals surface area contributed by atoms with E-state index in [1.54, 1.807) is 10.9 Å². The van der Waals surface area contributed by atoms with E-state index < -0.39 is 18.6 Å². The van der Waals surface area contributed by atoms with Crippen LogP contribution in [-0.2, 0) is 15.0 Å². The Morgan fingerprint density at radius 1 is 1.46 bits per heavy atom. The number of aromatic nitrogens is 2. The fourth-order valence-electron chi connectivity index (χ4n) is 3.94. The average Bonchev–Trinajstić information content (AvgIpc) is 3.14. The normalized spacial score (nSPS) is 23.5. The molecule has 0 saturated carbocycles. The number of anilines is 2. The van der Waals surface area contributed by atoms with Crippen molar-refractivity contribution in [2.24, 2.45) is 11.7 Å². The van der Waals surface area contributed by atoms with Gasteiger partial charge in [0.05, 0.1) is 18.2 Å². The molecule has 0 spiro atoms. The van der Waals surface area contributed by atoms with Crippen molar-refractivity contribution in [2.75, 3.05) is 18.5 Å². The zero-order valence-electron chi connectivity index (χ0n) is 16.3. The van der Waals surface area contributed by atoms with E-state index >= 15 is 0 Å². The third-order valence-electron chi connectivity index (χ3n) is 5.64. The van der Waals surface area contributed by atoms with E-state index in [4.69, 9.17) is 15.1 Å². The number of amides is 1. The van der Waals surface area contributed by atoms with Crippen LogP contribution in [0, 0.1) is 5.92 Å². The van der Waals surface area contributed by atoms with Crippen molar-refractivity contribution in [1.29, 1.82) is 0 Å². The molecule has 8 nitrogen and oxygen atoms in total. The van der Waals surface area contributed by atoms with Crippen LogP contribution in [0.3, 0.4) is 0 Å². The van der Waals surface area contributed by atoms with Crippen molar-refractivity contribution in [2.45, 2.75) is 38.8 Å². The number of rotatable bonds is 4. The van der Waals surface area contributed by atoms with Crippen molar-refractivity contribution < 1.29 is 19.2 Å². The fraction of sp³-hybridized carbons (Fsp3) is 0.474. The smallest absolute Gasteiger partial charge is 0.423 e. The lowest BCUT2D eigenvalue weighted by molar-refractivity contribution is 0.0238. The van der Waals surface area contributed by atoms with E-state index in [1.807, 2.05) is 32.0 Å². The Balaban J connectivity index is 1.65. The number of carbonyl (C=O) groups excluding carboxylic acids is 1. The summed E-state index contributed by atoms with van der Waals surface area (Å²) in [5, 5.41) is 17.9. The van der Waals surface area contributed by atoms with Gasteiger partial charge in [-0.3, -0.25) is 9.48 Å². The molecule has 1 aromatic heterocycles. The summed E-state index contributed by atoms with van der Waals surface area (Å²) in [6.07, 6.45) is 2.62. The van der Waals surface area contributed by atoms with E-state index in [9.17, 15) is 9.82 Å². The summed E-state index contributed by atoms with van der Waals surface area (Å²) in [5.74, 6) is 0.221. The molecule has 0 radical (unpaired) electrons. The number of ether oxygens (including phenoxy) is 1. The van der Waals surface area contributed by atoms with Gasteiger partial charge in [0.15, 0.2) is 5.82 Å². The van der Waals surface area contributed by atoms with Crippen LogP contribution in [0.15, 0.2) is 24.4 Å². The minimum Gasteiger partial charge on any atom is -0.423 e. The van der Waals surface area contributed by atoms with Crippen molar-refractivity contribution >= 4 is 30.0 Å². The van der Waals surface area contributed by atoms with Gasteiger partial charge in [0, 0.05) is 18.5 Å². The number of nitrogens with one attached hydrogen (secondary N) is 1. The second kappa shape index (κ2) is 6.91. The predicted molar refractivity (Wildman–Crippen MR) is 106 cm³/mol. The second-order valence-corrected chi connectivity index (χ2v) is 8.05. The molecule has 4 N–H and O–H groups in total. The molecule has 3 heterocycles. The molecule has 1 amide bonds. The molecule has 2 aliphatic rings. The summed E-state index contributed by atoms with van der Waals surface area (Å²) < 4.78 is 12.9. The highest BCUT2D eigenvalue weighted by Gasteiger charge is 2.40. The average molecular weight is 384 g/mol. The van der Waals surface area contributed by atoms with Gasteiger partial charge in [-0.05, 0) is 49.3 Å². The van der Waals surface area contributed by atoms with Crippen LogP contribution in [0.1, 0.15) is 49.2 Å². The van der Waals surface area contributed by atoms with Gasteiger partial charge in [-0.2, -0.15) is 5.10 Å². The maximum absolute atomic E-state index is 12.0. The number of nitrogens with zero attached hydrogens (tertiary/aromatic N) is 2. The quantitative estimate of drug-likeness (QED) is 0.685. The van der Waals surface area contributed by atoms with Gasteiger partial charge in [0.25, 0.3) is 5.91 Å². The molecule has 1 saturated heterocycles. The highest BCUT2D eigenvalue weighted by molar-refractivity contribution is 6.62. The highest BCUT2D eigenvalue weighted by atomic mass is 16.5. The number of hydrogen-bond acceptors (Lipinski definition) is 6. The maximum atomic E-state index is 12.0. The SMILES string of the molecule is C[C@@H]1CCOC[C@H]1n1cc(C(N)=O)c(Nc2ccc3c(c2)B(O)OC3(C)C)n1. The molecular formula is C19H25BN4O4. The van der Waals surface area contributed by atoms with Crippen molar-refractivity contribution in [3.8, 4) is 0 Å². The lowest BCUT2D eigenvalue weighted by Gasteiger charge is -2.28. The molecular weight excluding hydrogens is 359 g/mol. The first-order valence-corrected chi connectivity index (χ1v) is 9.50. The van der Waals surface area contributed by atoms with Crippen LogP contribution in [0.2, 0.25) is 0 Å². The summed E-state index contributed by atoms with van der Waals surface area (Å²) in [6, 6.07) is 5.65. The number of benzene rings is 1. The first kappa shape index (κ1) is 19.0. The largest absolute Gasteiger partial charge is 0.492 e. The molecule has 1 aromatic carbocycles. The highest BCUT2D eigenvalue weighted by Crippen LogP contribution is 2.32. The molecule has 9 heteroatoms. The molecule has 28 heavy (non-hydrogen) atoms. The molecule has 0 unspecified atom stereocenters. The van der Waals surface area contributed by atoms with Crippen molar-refractivity contribution in [3.05, 3.63) is 35.5 Å². The Hall–Kier alpha value is -2.36. The maximum Gasteiger partial charge on any atom is 0.492 e. The third-order valence-corrected chi connectivity index (χ3v) is 5.64. The van der Waals surface area contributed by atoms with E-state index in [0.717, 1.165) is 18.6 Å². The zero-order valence-corrected chi connectivity index (χ0v) is 16.3. The second-order valence-electron chi connectivity index (χ2n) is 8.05. The monoisotopic (exact) mass is 384 g/mol. The van der Waals surface area contributed by atoms with Crippen LogP contribution in [-0.4, -0.2) is 41.0 Å². The number of fused-ring (bicyclic) bond motifs is 1. The number of nitrogens with two attached hydrogens (primary N) is 1. The summed E-state index contributed by atoms with van der Waals surface area (Å²) >= 11 is 0. The number of carbonyl (C=O) groups is 1. The molecule has 148 valence electrons. The molecule has 2 aromatic rings. The fourth-order valence-corrected chi connectivity index (χ4v) is 3.94. The van der Waals surface area contributed by atoms with Gasteiger partial charge in [-0.1, -0.05) is 13.0 Å². The van der Waals surface area contributed by atoms with E-state index in [2.05, 4.69) is 17.3 Å². The van der Waals surface area contributed by atoms with Gasteiger partial charge in [0.2, 0.25) is 0 Å². The molecule has 0 aliphatic carbocycles. The molecule has 4 rings (SSSR count). The van der Waals surface area contributed by atoms with Crippen molar-refractivity contribution in [3.63, 3.8) is 0 Å².